The molecule has 166 valence electrons. The van der Waals surface area contributed by atoms with Crippen LogP contribution in [0.3, 0.4) is 0 Å². The molecule has 30 heavy (non-hydrogen) atoms. The zero-order chi connectivity index (χ0) is 21.7. The second-order valence-electron chi connectivity index (χ2n) is 8.29. The first kappa shape index (κ1) is 22.8. The maximum atomic E-state index is 12.6. The van der Waals surface area contributed by atoms with Gasteiger partial charge in [0.2, 0.25) is 11.8 Å². The van der Waals surface area contributed by atoms with Crippen molar-refractivity contribution in [3.63, 3.8) is 0 Å². The Morgan fingerprint density at radius 2 is 1.77 bits per heavy atom. The summed E-state index contributed by atoms with van der Waals surface area (Å²) >= 11 is 6.45. The van der Waals surface area contributed by atoms with Crippen LogP contribution in [-0.4, -0.2) is 95.3 Å². The van der Waals surface area contributed by atoms with Crippen molar-refractivity contribution in [1.29, 1.82) is 0 Å². The van der Waals surface area contributed by atoms with Gasteiger partial charge in [-0.1, -0.05) is 25.4 Å². The van der Waals surface area contributed by atoms with Crippen LogP contribution in [0.25, 0.3) is 6.08 Å². The second kappa shape index (κ2) is 10.4. The number of amides is 2. The molecule has 0 unspecified atom stereocenters. The van der Waals surface area contributed by atoms with Crippen LogP contribution in [0.4, 0.5) is 0 Å². The molecule has 9 heteroatoms. The maximum Gasteiger partial charge on any atom is 0.246 e. The fraction of sp³-hybridized carbons (Fsp3) is 0.667. The number of aromatic nitrogens is 2. The van der Waals surface area contributed by atoms with Gasteiger partial charge in [0.05, 0.1) is 25.5 Å². The van der Waals surface area contributed by atoms with Crippen LogP contribution in [0.5, 0.6) is 0 Å². The number of ether oxygens (including phenoxy) is 1. The summed E-state index contributed by atoms with van der Waals surface area (Å²) < 4.78 is 7.08. The third-order valence-electron chi connectivity index (χ3n) is 5.45. The molecule has 2 saturated heterocycles. The number of aryl methyl sites for hydroxylation is 1. The zero-order valence-corrected chi connectivity index (χ0v) is 18.9. The maximum absolute atomic E-state index is 12.6. The molecule has 0 aromatic carbocycles. The molecule has 0 spiro atoms. The zero-order valence-electron chi connectivity index (χ0n) is 18.1. The number of halogens is 1. The lowest BCUT2D eigenvalue weighted by Gasteiger charge is -2.35. The van der Waals surface area contributed by atoms with E-state index in [9.17, 15) is 9.59 Å². The highest BCUT2D eigenvalue weighted by atomic mass is 35.5. The molecule has 2 aliphatic heterocycles. The van der Waals surface area contributed by atoms with Crippen molar-refractivity contribution in [2.24, 2.45) is 5.92 Å². The van der Waals surface area contributed by atoms with Gasteiger partial charge in [-0.3, -0.25) is 19.2 Å². The minimum Gasteiger partial charge on any atom is -0.378 e. The lowest BCUT2D eigenvalue weighted by atomic mass is 10.2. The number of rotatable bonds is 6. The van der Waals surface area contributed by atoms with E-state index in [2.05, 4.69) is 23.8 Å². The van der Waals surface area contributed by atoms with Crippen molar-refractivity contribution in [1.82, 2.24) is 24.5 Å². The predicted octanol–water partition coefficient (Wildman–Crippen LogP) is 1.52. The highest BCUT2D eigenvalue weighted by Crippen LogP contribution is 2.22. The molecule has 0 aliphatic carbocycles. The molecule has 3 rings (SSSR count). The first-order valence-corrected chi connectivity index (χ1v) is 11.0. The molecule has 2 amide bonds. The molecule has 8 nitrogen and oxygen atoms in total. The number of hydrogen-bond acceptors (Lipinski definition) is 5. The van der Waals surface area contributed by atoms with Crippen molar-refractivity contribution in [2.75, 3.05) is 59.0 Å². The van der Waals surface area contributed by atoms with E-state index >= 15 is 0 Å². The minimum atomic E-state index is -0.0405. The fourth-order valence-electron chi connectivity index (χ4n) is 3.71. The number of carbonyl (C=O) groups is 2. The van der Waals surface area contributed by atoms with Crippen LogP contribution in [0.15, 0.2) is 6.08 Å². The average Bonchev–Trinajstić information content (AvgIpc) is 2.99. The summed E-state index contributed by atoms with van der Waals surface area (Å²) in [6.07, 6.45) is 3.34. The Kier molecular flexibility index (Phi) is 7.91. The molecule has 2 aliphatic rings. The molecule has 0 bridgehead atoms. The lowest BCUT2D eigenvalue weighted by Crippen LogP contribution is -2.52. The average molecular weight is 438 g/mol. The van der Waals surface area contributed by atoms with Gasteiger partial charge in [0, 0.05) is 57.5 Å². The Balaban J connectivity index is 1.49. The minimum absolute atomic E-state index is 0.0405. The molecule has 0 atom stereocenters. The number of piperazine rings is 1. The van der Waals surface area contributed by atoms with Crippen molar-refractivity contribution in [3.8, 4) is 0 Å². The summed E-state index contributed by atoms with van der Waals surface area (Å²) in [4.78, 5) is 30.8. The van der Waals surface area contributed by atoms with E-state index in [1.807, 2.05) is 16.7 Å². The largest absolute Gasteiger partial charge is 0.378 e. The molecule has 0 saturated carbocycles. The molecule has 1 aromatic rings. The van der Waals surface area contributed by atoms with Crippen LogP contribution in [0, 0.1) is 12.8 Å². The summed E-state index contributed by atoms with van der Waals surface area (Å²) in [6.45, 7) is 12.4. The lowest BCUT2D eigenvalue weighted by molar-refractivity contribution is -0.137. The van der Waals surface area contributed by atoms with E-state index in [-0.39, 0.29) is 11.8 Å². The van der Waals surface area contributed by atoms with Crippen LogP contribution in [0.1, 0.15) is 25.1 Å². The fourth-order valence-corrected chi connectivity index (χ4v) is 4.02. The van der Waals surface area contributed by atoms with Gasteiger partial charge in [-0.2, -0.15) is 5.10 Å². The van der Waals surface area contributed by atoms with E-state index in [1.54, 1.807) is 16.8 Å². The molecule has 3 heterocycles. The van der Waals surface area contributed by atoms with E-state index in [4.69, 9.17) is 16.3 Å². The third kappa shape index (κ3) is 5.83. The van der Waals surface area contributed by atoms with Gasteiger partial charge < -0.3 is 14.5 Å². The van der Waals surface area contributed by atoms with Gasteiger partial charge in [0.15, 0.2) is 0 Å². The number of hydrogen-bond donors (Lipinski definition) is 0. The normalized spacial score (nSPS) is 18.6. The molecular weight excluding hydrogens is 406 g/mol. The molecule has 0 N–H and O–H groups in total. The summed E-state index contributed by atoms with van der Waals surface area (Å²) in [5.74, 6) is 0.536. The second-order valence-corrected chi connectivity index (χ2v) is 8.65. The quantitative estimate of drug-likeness (QED) is 0.631. The van der Waals surface area contributed by atoms with Gasteiger partial charge in [0.25, 0.3) is 0 Å². The van der Waals surface area contributed by atoms with Gasteiger partial charge in [-0.05, 0) is 18.9 Å². The van der Waals surface area contributed by atoms with Gasteiger partial charge in [-0.25, -0.2) is 0 Å². The molecule has 2 fully saturated rings. The van der Waals surface area contributed by atoms with Crippen molar-refractivity contribution in [2.45, 2.75) is 27.3 Å². The molecular formula is C21H32ClN5O3. The topological polar surface area (TPSA) is 70.9 Å². The van der Waals surface area contributed by atoms with Crippen molar-refractivity contribution < 1.29 is 14.3 Å². The first-order chi connectivity index (χ1) is 14.3. The summed E-state index contributed by atoms with van der Waals surface area (Å²) in [7, 11) is 0. The van der Waals surface area contributed by atoms with E-state index < -0.39 is 0 Å². The Morgan fingerprint density at radius 1 is 1.10 bits per heavy atom. The molecule has 0 radical (unpaired) electrons. The smallest absolute Gasteiger partial charge is 0.246 e. The van der Waals surface area contributed by atoms with E-state index in [0.717, 1.165) is 17.8 Å². The third-order valence-corrected chi connectivity index (χ3v) is 5.85. The number of nitrogens with zero attached hydrogens (tertiary/aromatic N) is 5. The Hall–Kier alpha value is -1.90. The molecule has 1 aromatic heterocycles. The number of carbonyl (C=O) groups excluding carboxylic acids is 2. The summed E-state index contributed by atoms with van der Waals surface area (Å²) in [5.41, 5.74) is 1.61. The standard InChI is InChI=1S/C21H32ClN5O3/c1-16(2)14-27-21(22)18(17(3)23-27)4-5-19(28)25-8-6-24(7-9-25)15-20(29)26-10-12-30-13-11-26/h4-5,16H,6-15H2,1-3H3/b5-4+. The van der Waals surface area contributed by atoms with Crippen LogP contribution < -0.4 is 0 Å². The van der Waals surface area contributed by atoms with Gasteiger partial charge in [0.1, 0.15) is 5.15 Å². The van der Waals surface area contributed by atoms with Crippen LogP contribution in [0.2, 0.25) is 5.15 Å². The first-order valence-electron chi connectivity index (χ1n) is 10.6. The highest BCUT2D eigenvalue weighted by molar-refractivity contribution is 6.31. The predicted molar refractivity (Wildman–Crippen MR) is 116 cm³/mol. The van der Waals surface area contributed by atoms with Crippen LogP contribution >= 0.6 is 11.6 Å². The Morgan fingerprint density at radius 3 is 2.40 bits per heavy atom. The SMILES string of the molecule is Cc1nn(CC(C)C)c(Cl)c1/C=C/C(=O)N1CCN(CC(=O)N2CCOCC2)CC1. The Bertz CT molecular complexity index is 778. The van der Waals surface area contributed by atoms with Crippen molar-refractivity contribution >= 4 is 29.5 Å². The summed E-state index contributed by atoms with van der Waals surface area (Å²) in [6, 6.07) is 0. The summed E-state index contributed by atoms with van der Waals surface area (Å²) in [5, 5.41) is 5.04. The van der Waals surface area contributed by atoms with E-state index in [1.165, 1.54) is 0 Å². The highest BCUT2D eigenvalue weighted by Gasteiger charge is 2.24. The Labute approximate surface area is 183 Å². The van der Waals surface area contributed by atoms with Crippen LogP contribution in [-0.2, 0) is 20.9 Å². The number of morpholine rings is 1. The van der Waals surface area contributed by atoms with Crippen molar-refractivity contribution in [3.05, 3.63) is 22.5 Å². The van der Waals surface area contributed by atoms with Gasteiger partial charge in [-0.15, -0.1) is 0 Å². The van der Waals surface area contributed by atoms with E-state index in [0.29, 0.717) is 70.1 Å². The van der Waals surface area contributed by atoms with Gasteiger partial charge >= 0.3 is 0 Å². The monoisotopic (exact) mass is 437 g/mol.